The van der Waals surface area contributed by atoms with E-state index in [0.29, 0.717) is 31.6 Å². The molecule has 3 amide bonds. The van der Waals surface area contributed by atoms with Gasteiger partial charge >= 0.3 is 12.0 Å². The van der Waals surface area contributed by atoms with Gasteiger partial charge in [-0.2, -0.15) is 0 Å². The predicted octanol–water partition coefficient (Wildman–Crippen LogP) is 2.77. The minimum Gasteiger partial charge on any atom is -0.481 e. The summed E-state index contributed by atoms with van der Waals surface area (Å²) < 4.78 is 0. The molecule has 1 fully saturated rings. The second-order valence-electron chi connectivity index (χ2n) is 6.99. The van der Waals surface area contributed by atoms with Gasteiger partial charge in [0.05, 0.1) is 5.92 Å². The Kier molecular flexibility index (Phi) is 6.60. The Morgan fingerprint density at radius 1 is 1.27 bits per heavy atom. The molecule has 1 aromatic carbocycles. The minimum absolute atomic E-state index is 0.0236. The van der Waals surface area contributed by atoms with Gasteiger partial charge in [-0.15, -0.1) is 0 Å². The van der Waals surface area contributed by atoms with Crippen LogP contribution in [-0.2, 0) is 16.1 Å². The number of nitrogens with zero attached hydrogens (tertiary/aromatic N) is 2. The fraction of sp³-hybridized carbons (Fsp3) is 0.526. The largest absolute Gasteiger partial charge is 0.481 e. The van der Waals surface area contributed by atoms with E-state index in [4.69, 9.17) is 5.11 Å². The lowest BCUT2D eigenvalue weighted by atomic mass is 9.99. The molecule has 1 aliphatic heterocycles. The number of likely N-dealkylation sites (tertiary alicyclic amines) is 1. The number of amides is 3. The third-order valence-corrected chi connectivity index (χ3v) is 4.64. The fourth-order valence-corrected chi connectivity index (χ4v) is 3.11. The van der Waals surface area contributed by atoms with Crippen molar-refractivity contribution in [3.05, 3.63) is 29.8 Å². The molecule has 0 radical (unpaired) electrons. The fourth-order valence-electron chi connectivity index (χ4n) is 3.11. The molecule has 26 heavy (non-hydrogen) atoms. The van der Waals surface area contributed by atoms with Gasteiger partial charge < -0.3 is 20.2 Å². The number of urea groups is 1. The van der Waals surface area contributed by atoms with Gasteiger partial charge in [-0.1, -0.05) is 12.1 Å². The van der Waals surface area contributed by atoms with Crippen molar-refractivity contribution in [2.75, 3.05) is 18.4 Å². The van der Waals surface area contributed by atoms with E-state index in [-0.39, 0.29) is 24.5 Å². The van der Waals surface area contributed by atoms with Crippen molar-refractivity contribution in [3.8, 4) is 0 Å². The number of aliphatic carboxylic acids is 1. The summed E-state index contributed by atoms with van der Waals surface area (Å²) in [6.45, 7) is 6.82. The minimum atomic E-state index is -0.855. The molecule has 0 spiro atoms. The maximum Gasteiger partial charge on any atom is 0.321 e. The maximum absolute atomic E-state index is 12.3. The third kappa shape index (κ3) is 5.21. The van der Waals surface area contributed by atoms with Crippen LogP contribution in [0, 0.1) is 5.92 Å². The Bertz CT molecular complexity index is 657. The standard InChI is InChI=1S/C19H27N3O4/c1-13(2)22(14(3)23)11-15-6-8-17(9-7-15)20-19(26)21-10-4-5-16(12-21)18(24)25/h6-9,13,16H,4-5,10-12H2,1-3H3,(H,20,26)(H,24,25). The quantitative estimate of drug-likeness (QED) is 0.844. The first-order chi connectivity index (χ1) is 12.3. The van der Waals surface area contributed by atoms with E-state index in [2.05, 4.69) is 5.32 Å². The highest BCUT2D eigenvalue weighted by atomic mass is 16.4. The normalized spacial score (nSPS) is 17.1. The number of hydrogen-bond donors (Lipinski definition) is 2. The molecule has 1 aromatic rings. The van der Waals surface area contributed by atoms with E-state index in [1.165, 1.54) is 0 Å². The summed E-state index contributed by atoms with van der Waals surface area (Å²) in [4.78, 5) is 38.5. The predicted molar refractivity (Wildman–Crippen MR) is 98.8 cm³/mol. The number of rotatable bonds is 5. The second-order valence-corrected chi connectivity index (χ2v) is 6.99. The van der Waals surface area contributed by atoms with E-state index in [9.17, 15) is 14.4 Å². The van der Waals surface area contributed by atoms with Crippen molar-refractivity contribution < 1.29 is 19.5 Å². The molecule has 1 atom stereocenters. The number of nitrogens with one attached hydrogen (secondary N) is 1. The van der Waals surface area contributed by atoms with Crippen LogP contribution in [0.4, 0.5) is 10.5 Å². The molecule has 7 nitrogen and oxygen atoms in total. The van der Waals surface area contributed by atoms with Crippen LogP contribution in [0.25, 0.3) is 0 Å². The number of carbonyl (C=O) groups is 3. The number of carbonyl (C=O) groups excluding carboxylic acids is 2. The van der Waals surface area contributed by atoms with Gasteiger partial charge in [0.15, 0.2) is 0 Å². The highest BCUT2D eigenvalue weighted by Gasteiger charge is 2.28. The van der Waals surface area contributed by atoms with E-state index in [0.717, 1.165) is 5.56 Å². The average molecular weight is 361 g/mol. The summed E-state index contributed by atoms with van der Waals surface area (Å²) in [7, 11) is 0. The molecule has 1 saturated heterocycles. The zero-order valence-electron chi connectivity index (χ0n) is 15.6. The van der Waals surface area contributed by atoms with Crippen LogP contribution in [-0.4, -0.2) is 51.9 Å². The van der Waals surface area contributed by atoms with Gasteiger partial charge in [0.2, 0.25) is 5.91 Å². The Morgan fingerprint density at radius 3 is 2.46 bits per heavy atom. The monoisotopic (exact) mass is 361 g/mol. The van der Waals surface area contributed by atoms with Crippen molar-refractivity contribution in [2.45, 2.75) is 46.2 Å². The highest BCUT2D eigenvalue weighted by molar-refractivity contribution is 5.89. The van der Waals surface area contributed by atoms with Crippen molar-refractivity contribution in [1.29, 1.82) is 0 Å². The summed E-state index contributed by atoms with van der Waals surface area (Å²) in [5.41, 5.74) is 1.63. The molecule has 0 aromatic heterocycles. The van der Waals surface area contributed by atoms with Crippen LogP contribution in [0.15, 0.2) is 24.3 Å². The molecule has 1 aliphatic rings. The molecule has 0 saturated carbocycles. The van der Waals surface area contributed by atoms with Gasteiger partial charge in [-0.3, -0.25) is 9.59 Å². The van der Waals surface area contributed by atoms with Crippen LogP contribution in [0.2, 0.25) is 0 Å². The lowest BCUT2D eigenvalue weighted by molar-refractivity contribution is -0.143. The van der Waals surface area contributed by atoms with Crippen molar-refractivity contribution in [3.63, 3.8) is 0 Å². The van der Waals surface area contributed by atoms with E-state index in [1.807, 2.05) is 26.0 Å². The zero-order valence-corrected chi connectivity index (χ0v) is 15.6. The summed E-state index contributed by atoms with van der Waals surface area (Å²) in [5.74, 6) is -1.33. The van der Waals surface area contributed by atoms with Gasteiger partial charge in [-0.05, 0) is 44.4 Å². The number of anilines is 1. The van der Waals surface area contributed by atoms with Crippen LogP contribution >= 0.6 is 0 Å². The van der Waals surface area contributed by atoms with Crippen molar-refractivity contribution in [1.82, 2.24) is 9.80 Å². The van der Waals surface area contributed by atoms with E-state index >= 15 is 0 Å². The molecule has 7 heteroatoms. The molecular weight excluding hydrogens is 334 g/mol. The molecule has 0 aliphatic carbocycles. The Balaban J connectivity index is 1.95. The molecule has 2 N–H and O–H groups in total. The first kappa shape index (κ1) is 19.8. The Morgan fingerprint density at radius 2 is 1.92 bits per heavy atom. The van der Waals surface area contributed by atoms with Gasteiger partial charge in [-0.25, -0.2) is 4.79 Å². The topological polar surface area (TPSA) is 90.0 Å². The first-order valence-corrected chi connectivity index (χ1v) is 8.92. The second kappa shape index (κ2) is 8.69. The summed E-state index contributed by atoms with van der Waals surface area (Å²) in [6, 6.07) is 7.19. The first-order valence-electron chi connectivity index (χ1n) is 8.92. The van der Waals surface area contributed by atoms with Gasteiger partial charge in [0.25, 0.3) is 0 Å². The van der Waals surface area contributed by atoms with Gasteiger partial charge in [0.1, 0.15) is 0 Å². The molecule has 2 rings (SSSR count). The smallest absolute Gasteiger partial charge is 0.321 e. The molecule has 0 bridgehead atoms. The SMILES string of the molecule is CC(=O)N(Cc1ccc(NC(=O)N2CCCC(C(=O)O)C2)cc1)C(C)C. The summed E-state index contributed by atoms with van der Waals surface area (Å²) in [6.07, 6.45) is 1.30. The van der Waals surface area contributed by atoms with Crippen LogP contribution in [0.1, 0.15) is 39.2 Å². The maximum atomic E-state index is 12.3. The van der Waals surface area contributed by atoms with Crippen LogP contribution in [0.3, 0.4) is 0 Å². The van der Waals surface area contributed by atoms with E-state index < -0.39 is 11.9 Å². The van der Waals surface area contributed by atoms with Gasteiger partial charge in [0, 0.05) is 38.3 Å². The lowest BCUT2D eigenvalue weighted by Gasteiger charge is -2.30. The average Bonchev–Trinajstić information content (AvgIpc) is 2.60. The van der Waals surface area contributed by atoms with Crippen LogP contribution < -0.4 is 5.32 Å². The van der Waals surface area contributed by atoms with E-state index in [1.54, 1.807) is 28.9 Å². The summed E-state index contributed by atoms with van der Waals surface area (Å²) >= 11 is 0. The van der Waals surface area contributed by atoms with Crippen molar-refractivity contribution in [2.24, 2.45) is 5.92 Å². The highest BCUT2D eigenvalue weighted by Crippen LogP contribution is 2.19. The molecule has 142 valence electrons. The Labute approximate surface area is 154 Å². The summed E-state index contributed by atoms with van der Waals surface area (Å²) in [5, 5.41) is 11.9. The number of benzene rings is 1. The van der Waals surface area contributed by atoms with Crippen LogP contribution in [0.5, 0.6) is 0 Å². The van der Waals surface area contributed by atoms with Crippen molar-refractivity contribution >= 4 is 23.6 Å². The Hall–Kier alpha value is -2.57. The third-order valence-electron chi connectivity index (χ3n) is 4.64. The zero-order chi connectivity index (χ0) is 19.3. The number of hydrogen-bond acceptors (Lipinski definition) is 3. The molecule has 1 heterocycles. The number of piperidine rings is 1. The molecular formula is C19H27N3O4. The molecule has 1 unspecified atom stereocenters. The lowest BCUT2D eigenvalue weighted by Crippen LogP contribution is -2.44. The number of carboxylic acids is 1. The number of carboxylic acid groups (broad SMARTS) is 1.